The van der Waals surface area contributed by atoms with E-state index < -0.39 is 0 Å². The molecule has 1 heterocycles. The molecule has 5 heteroatoms. The maximum atomic E-state index is 5.23. The molecule has 0 amide bonds. The molecule has 0 N–H and O–H groups in total. The number of nitrogens with zero attached hydrogens (tertiary/aromatic N) is 3. The van der Waals surface area contributed by atoms with E-state index >= 15 is 0 Å². The van der Waals surface area contributed by atoms with Crippen molar-refractivity contribution in [1.82, 2.24) is 14.8 Å². The van der Waals surface area contributed by atoms with E-state index in [9.17, 15) is 0 Å². The first-order chi connectivity index (χ1) is 6.81. The molecule has 14 heavy (non-hydrogen) atoms. The molecule has 0 aliphatic carbocycles. The lowest BCUT2D eigenvalue weighted by molar-refractivity contribution is 0.411. The van der Waals surface area contributed by atoms with Crippen LogP contribution in [0.3, 0.4) is 0 Å². The fourth-order valence-electron chi connectivity index (χ4n) is 1.17. The fraction of sp³-hybridized carbons (Fsp3) is 0.111. The lowest BCUT2D eigenvalue weighted by atomic mass is 10.3. The van der Waals surface area contributed by atoms with Gasteiger partial charge in [-0.15, -0.1) is 0 Å². The molecule has 0 atom stereocenters. The van der Waals surface area contributed by atoms with E-state index in [-0.39, 0.29) is 0 Å². The summed E-state index contributed by atoms with van der Waals surface area (Å²) >= 11 is 3.38. The number of benzene rings is 1. The Morgan fingerprint density at radius 1 is 1.43 bits per heavy atom. The monoisotopic (exact) mass is 253 g/mol. The van der Waals surface area contributed by atoms with Crippen LogP contribution in [0.1, 0.15) is 0 Å². The van der Waals surface area contributed by atoms with Crippen LogP contribution in [-0.4, -0.2) is 21.9 Å². The summed E-state index contributed by atoms with van der Waals surface area (Å²) in [6.45, 7) is 0. The zero-order chi connectivity index (χ0) is 9.97. The van der Waals surface area contributed by atoms with Gasteiger partial charge in [0, 0.05) is 4.47 Å². The Morgan fingerprint density at radius 2 is 2.29 bits per heavy atom. The zero-order valence-corrected chi connectivity index (χ0v) is 9.10. The fourth-order valence-corrected chi connectivity index (χ4v) is 1.51. The molecule has 0 aliphatic rings. The van der Waals surface area contributed by atoms with Crippen LogP contribution in [0, 0.1) is 0 Å². The largest absolute Gasteiger partial charge is 0.494 e. The van der Waals surface area contributed by atoms with Crippen LogP contribution in [0.4, 0.5) is 0 Å². The second kappa shape index (κ2) is 3.79. The number of aromatic nitrogens is 3. The van der Waals surface area contributed by atoms with Gasteiger partial charge in [-0.3, -0.25) is 0 Å². The van der Waals surface area contributed by atoms with Gasteiger partial charge in [-0.2, -0.15) is 5.10 Å². The molecule has 0 bridgehead atoms. The van der Waals surface area contributed by atoms with Gasteiger partial charge in [-0.25, -0.2) is 9.67 Å². The van der Waals surface area contributed by atoms with Gasteiger partial charge in [0.2, 0.25) is 0 Å². The maximum absolute atomic E-state index is 5.23. The molecule has 72 valence electrons. The second-order valence-corrected chi connectivity index (χ2v) is 3.57. The molecule has 0 unspecified atom stereocenters. The first kappa shape index (κ1) is 9.21. The maximum Gasteiger partial charge on any atom is 0.145 e. The Labute approximate surface area is 89.7 Å². The molecule has 0 spiro atoms. The van der Waals surface area contributed by atoms with Crippen LogP contribution in [0.25, 0.3) is 5.69 Å². The van der Waals surface area contributed by atoms with Crippen molar-refractivity contribution in [3.63, 3.8) is 0 Å². The van der Waals surface area contributed by atoms with Crippen LogP contribution in [-0.2, 0) is 0 Å². The molecule has 2 aromatic rings. The number of hydrogen-bond donors (Lipinski definition) is 0. The van der Waals surface area contributed by atoms with Crippen molar-refractivity contribution in [3.8, 4) is 11.4 Å². The minimum absolute atomic E-state index is 0.755. The zero-order valence-electron chi connectivity index (χ0n) is 7.51. The van der Waals surface area contributed by atoms with Gasteiger partial charge in [-0.05, 0) is 18.2 Å². The van der Waals surface area contributed by atoms with Crippen molar-refractivity contribution < 1.29 is 4.74 Å². The lowest BCUT2D eigenvalue weighted by Gasteiger charge is -2.07. The minimum Gasteiger partial charge on any atom is -0.494 e. The lowest BCUT2D eigenvalue weighted by Crippen LogP contribution is -1.98. The number of ether oxygens (including phenoxy) is 1. The van der Waals surface area contributed by atoms with Crippen molar-refractivity contribution in [2.45, 2.75) is 0 Å². The third-order valence-corrected chi connectivity index (χ3v) is 2.30. The smallest absolute Gasteiger partial charge is 0.145 e. The van der Waals surface area contributed by atoms with Crippen LogP contribution in [0.5, 0.6) is 5.75 Å². The molecule has 1 aromatic heterocycles. The predicted octanol–water partition coefficient (Wildman–Crippen LogP) is 2.04. The Morgan fingerprint density at radius 3 is 2.93 bits per heavy atom. The quantitative estimate of drug-likeness (QED) is 0.823. The predicted molar refractivity (Wildman–Crippen MR) is 55.6 cm³/mol. The molecule has 0 aliphatic heterocycles. The van der Waals surface area contributed by atoms with Crippen molar-refractivity contribution in [3.05, 3.63) is 35.3 Å². The SMILES string of the molecule is COc1cc(Br)ccc1-n1cncn1. The summed E-state index contributed by atoms with van der Waals surface area (Å²) in [7, 11) is 1.63. The third-order valence-electron chi connectivity index (χ3n) is 1.81. The van der Waals surface area contributed by atoms with Crippen LogP contribution < -0.4 is 4.74 Å². The summed E-state index contributed by atoms with van der Waals surface area (Å²) in [5.41, 5.74) is 0.869. The highest BCUT2D eigenvalue weighted by atomic mass is 79.9. The summed E-state index contributed by atoms with van der Waals surface area (Å²) in [6.07, 6.45) is 3.12. The molecule has 0 radical (unpaired) electrons. The van der Waals surface area contributed by atoms with E-state index in [1.165, 1.54) is 6.33 Å². The molecule has 2 rings (SSSR count). The molecular weight excluding hydrogens is 246 g/mol. The first-order valence-corrected chi connectivity index (χ1v) is 4.79. The molecule has 1 aromatic carbocycles. The third kappa shape index (κ3) is 1.63. The average Bonchev–Trinajstić information content (AvgIpc) is 2.70. The van der Waals surface area contributed by atoms with E-state index in [2.05, 4.69) is 26.0 Å². The van der Waals surface area contributed by atoms with Crippen molar-refractivity contribution >= 4 is 15.9 Å². The Bertz CT molecular complexity index is 428. The van der Waals surface area contributed by atoms with E-state index in [1.807, 2.05) is 18.2 Å². The Kier molecular flexibility index (Phi) is 2.49. The van der Waals surface area contributed by atoms with Crippen LogP contribution in [0.15, 0.2) is 35.3 Å². The van der Waals surface area contributed by atoms with Gasteiger partial charge < -0.3 is 4.74 Å². The summed E-state index contributed by atoms with van der Waals surface area (Å²) in [5, 5.41) is 4.04. The Balaban J connectivity index is 2.53. The van der Waals surface area contributed by atoms with Gasteiger partial charge in [0.1, 0.15) is 24.1 Å². The van der Waals surface area contributed by atoms with Gasteiger partial charge in [0.05, 0.1) is 7.11 Å². The van der Waals surface area contributed by atoms with E-state index in [4.69, 9.17) is 4.74 Å². The van der Waals surface area contributed by atoms with Gasteiger partial charge in [0.15, 0.2) is 0 Å². The van der Waals surface area contributed by atoms with E-state index in [0.29, 0.717) is 0 Å². The number of hydrogen-bond acceptors (Lipinski definition) is 3. The highest BCUT2D eigenvalue weighted by Gasteiger charge is 2.05. The number of halogens is 1. The summed E-state index contributed by atoms with van der Waals surface area (Å²) in [6, 6.07) is 5.73. The Hall–Kier alpha value is -1.36. The highest BCUT2D eigenvalue weighted by Crippen LogP contribution is 2.25. The minimum atomic E-state index is 0.755. The second-order valence-electron chi connectivity index (χ2n) is 2.66. The van der Waals surface area contributed by atoms with Crippen molar-refractivity contribution in [2.24, 2.45) is 0 Å². The van der Waals surface area contributed by atoms with Gasteiger partial charge in [0.25, 0.3) is 0 Å². The average molecular weight is 254 g/mol. The highest BCUT2D eigenvalue weighted by molar-refractivity contribution is 9.10. The summed E-state index contributed by atoms with van der Waals surface area (Å²) in [4.78, 5) is 3.88. The molecular formula is C9H8BrN3O. The van der Waals surface area contributed by atoms with Crippen LogP contribution in [0.2, 0.25) is 0 Å². The van der Waals surface area contributed by atoms with Gasteiger partial charge >= 0.3 is 0 Å². The summed E-state index contributed by atoms with van der Waals surface area (Å²) in [5.74, 6) is 0.755. The van der Waals surface area contributed by atoms with E-state index in [1.54, 1.807) is 18.1 Å². The molecule has 0 saturated heterocycles. The topological polar surface area (TPSA) is 39.9 Å². The van der Waals surface area contributed by atoms with Crippen molar-refractivity contribution in [2.75, 3.05) is 7.11 Å². The molecule has 4 nitrogen and oxygen atoms in total. The molecule has 0 fully saturated rings. The number of methoxy groups -OCH3 is 1. The van der Waals surface area contributed by atoms with Gasteiger partial charge in [-0.1, -0.05) is 15.9 Å². The summed E-state index contributed by atoms with van der Waals surface area (Å²) < 4.78 is 7.86. The normalized spacial score (nSPS) is 10.1. The molecule has 0 saturated carbocycles. The first-order valence-electron chi connectivity index (χ1n) is 4.00. The van der Waals surface area contributed by atoms with Crippen molar-refractivity contribution in [1.29, 1.82) is 0 Å². The standard InChI is InChI=1S/C9H8BrN3O/c1-14-9-4-7(10)2-3-8(9)13-6-11-5-12-13/h2-6H,1H3. The van der Waals surface area contributed by atoms with Crippen LogP contribution >= 0.6 is 15.9 Å². The number of rotatable bonds is 2. The van der Waals surface area contributed by atoms with E-state index in [0.717, 1.165) is 15.9 Å².